The van der Waals surface area contributed by atoms with Crippen LogP contribution in [0.15, 0.2) is 23.1 Å². The van der Waals surface area contributed by atoms with E-state index in [2.05, 4.69) is 4.72 Å². The van der Waals surface area contributed by atoms with Gasteiger partial charge in [0.15, 0.2) is 0 Å². The van der Waals surface area contributed by atoms with Gasteiger partial charge in [-0.3, -0.25) is 0 Å². The molecule has 90 valence electrons. The number of alkyl halides is 1. The lowest BCUT2D eigenvalue weighted by atomic mass is 10.2. The van der Waals surface area contributed by atoms with E-state index in [1.807, 2.05) is 13.0 Å². The molecule has 1 atom stereocenters. The molecule has 3 nitrogen and oxygen atoms in total. The van der Waals surface area contributed by atoms with Gasteiger partial charge in [-0.2, -0.15) is 0 Å². The monoisotopic (exact) mass is 261 g/mol. The Balaban J connectivity index is 2.99. The van der Waals surface area contributed by atoms with Gasteiger partial charge in [0.1, 0.15) is 0 Å². The molecule has 0 aliphatic rings. The molecule has 1 N–H and O–H groups in total. The molecule has 0 heterocycles. The maximum absolute atomic E-state index is 11.9. The van der Waals surface area contributed by atoms with Crippen LogP contribution >= 0.6 is 11.6 Å². The van der Waals surface area contributed by atoms with Crippen LogP contribution in [0.3, 0.4) is 0 Å². The quantitative estimate of drug-likeness (QED) is 0.845. The van der Waals surface area contributed by atoms with E-state index in [1.165, 1.54) is 0 Å². The van der Waals surface area contributed by atoms with Gasteiger partial charge in [0.05, 0.1) is 4.90 Å². The lowest BCUT2D eigenvalue weighted by molar-refractivity contribution is 0.580. The SMILES string of the molecule is Cc1ccc(S(=O)(=O)NCC(C)Cl)c(C)c1. The van der Waals surface area contributed by atoms with Gasteiger partial charge in [0.25, 0.3) is 0 Å². The summed E-state index contributed by atoms with van der Waals surface area (Å²) in [4.78, 5) is 0.315. The van der Waals surface area contributed by atoms with Crippen molar-refractivity contribution in [1.29, 1.82) is 0 Å². The van der Waals surface area contributed by atoms with E-state index in [-0.39, 0.29) is 11.9 Å². The van der Waals surface area contributed by atoms with Crippen LogP contribution in [0.2, 0.25) is 0 Å². The molecule has 1 rings (SSSR count). The summed E-state index contributed by atoms with van der Waals surface area (Å²) in [5.74, 6) is 0. The molecule has 0 saturated carbocycles. The minimum Gasteiger partial charge on any atom is -0.210 e. The molecule has 0 radical (unpaired) electrons. The fraction of sp³-hybridized carbons (Fsp3) is 0.455. The van der Waals surface area contributed by atoms with Gasteiger partial charge in [0.2, 0.25) is 10.0 Å². The Morgan fingerprint density at radius 2 is 2.00 bits per heavy atom. The Labute approximate surface area is 102 Å². The molecular weight excluding hydrogens is 246 g/mol. The van der Waals surface area contributed by atoms with Gasteiger partial charge in [-0.1, -0.05) is 17.7 Å². The molecule has 0 amide bonds. The van der Waals surface area contributed by atoms with Crippen LogP contribution < -0.4 is 4.72 Å². The number of halogens is 1. The summed E-state index contributed by atoms with van der Waals surface area (Å²) < 4.78 is 26.3. The van der Waals surface area contributed by atoms with Crippen molar-refractivity contribution in [3.63, 3.8) is 0 Å². The molecule has 0 saturated heterocycles. The third-order valence-electron chi connectivity index (χ3n) is 2.17. The predicted octanol–water partition coefficient (Wildman–Crippen LogP) is 2.21. The van der Waals surface area contributed by atoms with Crippen LogP contribution in [0, 0.1) is 13.8 Å². The van der Waals surface area contributed by atoms with Gasteiger partial charge in [-0.15, -0.1) is 11.6 Å². The predicted molar refractivity (Wildman–Crippen MR) is 66.4 cm³/mol. The van der Waals surface area contributed by atoms with Crippen LogP contribution in [-0.4, -0.2) is 20.3 Å². The summed E-state index contributed by atoms with van der Waals surface area (Å²) >= 11 is 5.71. The molecule has 1 aromatic carbocycles. The fourth-order valence-electron chi connectivity index (χ4n) is 1.40. The highest BCUT2D eigenvalue weighted by Crippen LogP contribution is 2.16. The van der Waals surface area contributed by atoms with Crippen LogP contribution in [0.25, 0.3) is 0 Å². The Bertz CT molecular complexity index is 469. The van der Waals surface area contributed by atoms with Gasteiger partial charge in [-0.25, -0.2) is 13.1 Å². The smallest absolute Gasteiger partial charge is 0.210 e. The molecule has 0 spiro atoms. The van der Waals surface area contributed by atoms with E-state index in [0.717, 1.165) is 11.1 Å². The molecule has 0 aromatic heterocycles. The van der Waals surface area contributed by atoms with Crippen molar-refractivity contribution in [2.45, 2.75) is 31.0 Å². The minimum absolute atomic E-state index is 0.222. The maximum atomic E-state index is 11.9. The first-order chi connectivity index (χ1) is 7.33. The second-order valence-electron chi connectivity index (χ2n) is 3.90. The normalized spacial score (nSPS) is 13.8. The average molecular weight is 262 g/mol. The van der Waals surface area contributed by atoms with Gasteiger partial charge < -0.3 is 0 Å². The summed E-state index contributed by atoms with van der Waals surface area (Å²) in [6.45, 7) is 5.69. The number of benzene rings is 1. The van der Waals surface area contributed by atoms with Crippen molar-refractivity contribution in [2.75, 3.05) is 6.54 Å². The van der Waals surface area contributed by atoms with Crippen molar-refractivity contribution in [3.05, 3.63) is 29.3 Å². The molecule has 5 heteroatoms. The number of aryl methyl sites for hydroxylation is 2. The highest BCUT2D eigenvalue weighted by molar-refractivity contribution is 7.89. The number of rotatable bonds is 4. The molecule has 0 aliphatic carbocycles. The zero-order valence-corrected chi connectivity index (χ0v) is 11.2. The average Bonchev–Trinajstić information content (AvgIpc) is 2.14. The van der Waals surface area contributed by atoms with Gasteiger partial charge in [0, 0.05) is 11.9 Å². The number of sulfonamides is 1. The number of hydrogen-bond donors (Lipinski definition) is 1. The third kappa shape index (κ3) is 3.47. The first kappa shape index (κ1) is 13.5. The Morgan fingerprint density at radius 3 is 2.50 bits per heavy atom. The molecule has 16 heavy (non-hydrogen) atoms. The van der Waals surface area contributed by atoms with E-state index in [4.69, 9.17) is 11.6 Å². The van der Waals surface area contributed by atoms with Crippen LogP contribution in [0.1, 0.15) is 18.1 Å². The summed E-state index contributed by atoms with van der Waals surface area (Å²) in [5, 5.41) is -0.222. The Morgan fingerprint density at radius 1 is 1.38 bits per heavy atom. The highest BCUT2D eigenvalue weighted by Gasteiger charge is 2.16. The van der Waals surface area contributed by atoms with Crippen molar-refractivity contribution in [3.8, 4) is 0 Å². The summed E-state index contributed by atoms with van der Waals surface area (Å²) in [6, 6.07) is 5.25. The first-order valence-corrected chi connectivity index (χ1v) is 6.96. The largest absolute Gasteiger partial charge is 0.240 e. The van der Waals surface area contributed by atoms with E-state index >= 15 is 0 Å². The van der Waals surface area contributed by atoms with Crippen molar-refractivity contribution in [2.24, 2.45) is 0 Å². The number of hydrogen-bond acceptors (Lipinski definition) is 2. The molecule has 1 aromatic rings. The summed E-state index contributed by atoms with van der Waals surface area (Å²) in [7, 11) is -3.44. The van der Waals surface area contributed by atoms with Crippen molar-refractivity contribution < 1.29 is 8.42 Å². The molecule has 0 aliphatic heterocycles. The Kier molecular flexibility index (Phi) is 4.35. The summed E-state index contributed by atoms with van der Waals surface area (Å²) in [6.07, 6.45) is 0. The zero-order valence-electron chi connectivity index (χ0n) is 9.62. The second kappa shape index (κ2) is 5.17. The van der Waals surface area contributed by atoms with E-state index in [9.17, 15) is 8.42 Å². The van der Waals surface area contributed by atoms with E-state index in [1.54, 1.807) is 26.0 Å². The van der Waals surface area contributed by atoms with E-state index in [0.29, 0.717) is 4.90 Å². The Hall–Kier alpha value is -0.580. The second-order valence-corrected chi connectivity index (χ2v) is 6.38. The van der Waals surface area contributed by atoms with Crippen molar-refractivity contribution in [1.82, 2.24) is 4.72 Å². The van der Waals surface area contributed by atoms with E-state index < -0.39 is 10.0 Å². The van der Waals surface area contributed by atoms with Gasteiger partial charge >= 0.3 is 0 Å². The maximum Gasteiger partial charge on any atom is 0.240 e. The van der Waals surface area contributed by atoms with Gasteiger partial charge in [-0.05, 0) is 32.4 Å². The zero-order chi connectivity index (χ0) is 12.3. The summed E-state index contributed by atoms with van der Waals surface area (Å²) in [5.41, 5.74) is 1.79. The van der Waals surface area contributed by atoms with Crippen LogP contribution in [0.5, 0.6) is 0 Å². The molecule has 1 unspecified atom stereocenters. The highest BCUT2D eigenvalue weighted by atomic mass is 35.5. The topological polar surface area (TPSA) is 46.2 Å². The number of nitrogens with one attached hydrogen (secondary N) is 1. The van der Waals surface area contributed by atoms with Crippen molar-refractivity contribution >= 4 is 21.6 Å². The minimum atomic E-state index is -3.44. The first-order valence-electron chi connectivity index (χ1n) is 5.04. The molecular formula is C11H16ClNO2S. The molecule has 0 fully saturated rings. The lowest BCUT2D eigenvalue weighted by Crippen LogP contribution is -2.29. The fourth-order valence-corrected chi connectivity index (χ4v) is 2.93. The van der Waals surface area contributed by atoms with Crippen LogP contribution in [-0.2, 0) is 10.0 Å². The molecule has 0 bridgehead atoms. The van der Waals surface area contributed by atoms with Crippen LogP contribution in [0.4, 0.5) is 0 Å². The standard InChI is InChI=1S/C11H16ClNO2S/c1-8-4-5-11(9(2)6-8)16(14,15)13-7-10(3)12/h4-6,10,13H,7H2,1-3H3. The third-order valence-corrected chi connectivity index (χ3v) is 3.91. The lowest BCUT2D eigenvalue weighted by Gasteiger charge is -2.10.